The second kappa shape index (κ2) is 7.67. The summed E-state index contributed by atoms with van der Waals surface area (Å²) in [5.41, 5.74) is 1.67. The topological polar surface area (TPSA) is 81.4 Å². The molecule has 27 heavy (non-hydrogen) atoms. The molecule has 136 valence electrons. The SMILES string of the molecule is O=C(C[C@@H]1Sc2ccccc2NC1=O)OCc1ncc(-c2ccccc2)o1. The Bertz CT molecular complexity index is 971. The number of aromatic nitrogens is 1. The lowest BCUT2D eigenvalue weighted by Crippen LogP contribution is -2.31. The molecule has 7 heteroatoms. The molecule has 0 aliphatic carbocycles. The number of carbonyl (C=O) groups is 2. The fourth-order valence-electron chi connectivity index (χ4n) is 2.69. The van der Waals surface area contributed by atoms with E-state index in [4.69, 9.17) is 9.15 Å². The highest BCUT2D eigenvalue weighted by molar-refractivity contribution is 8.01. The van der Waals surface area contributed by atoms with Crippen LogP contribution in [0.4, 0.5) is 5.69 Å². The van der Waals surface area contributed by atoms with Crippen LogP contribution >= 0.6 is 11.8 Å². The summed E-state index contributed by atoms with van der Waals surface area (Å²) >= 11 is 1.36. The van der Waals surface area contributed by atoms with Crippen LogP contribution in [0, 0.1) is 0 Å². The molecular formula is C20H16N2O4S. The van der Waals surface area contributed by atoms with Gasteiger partial charge in [-0.05, 0) is 12.1 Å². The van der Waals surface area contributed by atoms with Crippen molar-refractivity contribution < 1.29 is 18.7 Å². The van der Waals surface area contributed by atoms with Crippen molar-refractivity contribution in [3.05, 3.63) is 66.7 Å². The molecule has 0 fully saturated rings. The minimum absolute atomic E-state index is 0.0168. The number of oxazole rings is 1. The smallest absolute Gasteiger partial charge is 0.307 e. The van der Waals surface area contributed by atoms with Gasteiger partial charge in [0.15, 0.2) is 12.4 Å². The Morgan fingerprint density at radius 2 is 1.93 bits per heavy atom. The Kier molecular flexibility index (Phi) is 4.93. The van der Waals surface area contributed by atoms with E-state index < -0.39 is 11.2 Å². The first-order valence-corrected chi connectivity index (χ1v) is 9.29. The molecule has 1 aromatic heterocycles. The average Bonchev–Trinajstić information content (AvgIpc) is 3.17. The van der Waals surface area contributed by atoms with Gasteiger partial charge in [0.2, 0.25) is 11.8 Å². The number of para-hydroxylation sites is 1. The summed E-state index contributed by atoms with van der Waals surface area (Å²) in [6.07, 6.45) is 1.58. The van der Waals surface area contributed by atoms with Crippen LogP contribution in [-0.4, -0.2) is 22.1 Å². The number of nitrogens with one attached hydrogen (secondary N) is 1. The van der Waals surface area contributed by atoms with Crippen molar-refractivity contribution in [2.45, 2.75) is 23.2 Å². The van der Waals surface area contributed by atoms with Gasteiger partial charge in [0.25, 0.3) is 0 Å². The van der Waals surface area contributed by atoms with Crippen LogP contribution in [0.1, 0.15) is 12.3 Å². The van der Waals surface area contributed by atoms with Crippen LogP contribution in [-0.2, 0) is 20.9 Å². The zero-order chi connectivity index (χ0) is 18.6. The van der Waals surface area contributed by atoms with Crippen LogP contribution in [0.5, 0.6) is 0 Å². The van der Waals surface area contributed by atoms with E-state index in [9.17, 15) is 9.59 Å². The highest BCUT2D eigenvalue weighted by Crippen LogP contribution is 2.36. The summed E-state index contributed by atoms with van der Waals surface area (Å²) in [6.45, 7) is -0.0682. The maximum absolute atomic E-state index is 12.2. The molecule has 0 radical (unpaired) electrons. The quantitative estimate of drug-likeness (QED) is 0.677. The Hall–Kier alpha value is -3.06. The highest BCUT2D eigenvalue weighted by atomic mass is 32.2. The minimum atomic E-state index is -0.517. The van der Waals surface area contributed by atoms with Crippen molar-refractivity contribution in [3.8, 4) is 11.3 Å². The molecule has 0 saturated carbocycles. The van der Waals surface area contributed by atoms with Crippen molar-refractivity contribution >= 4 is 29.3 Å². The van der Waals surface area contributed by atoms with Gasteiger partial charge in [0.1, 0.15) is 0 Å². The average molecular weight is 380 g/mol. The van der Waals surface area contributed by atoms with Gasteiger partial charge in [-0.25, -0.2) is 4.98 Å². The van der Waals surface area contributed by atoms with Crippen molar-refractivity contribution in [2.24, 2.45) is 0 Å². The summed E-state index contributed by atoms with van der Waals surface area (Å²) in [4.78, 5) is 29.4. The molecule has 1 aliphatic rings. The molecule has 2 aromatic carbocycles. The van der Waals surface area contributed by atoms with Crippen LogP contribution < -0.4 is 5.32 Å². The minimum Gasteiger partial charge on any atom is -0.456 e. The van der Waals surface area contributed by atoms with Gasteiger partial charge in [0, 0.05) is 10.5 Å². The number of fused-ring (bicyclic) bond motifs is 1. The lowest BCUT2D eigenvalue weighted by atomic mass is 10.2. The van der Waals surface area contributed by atoms with E-state index in [1.165, 1.54) is 11.8 Å². The van der Waals surface area contributed by atoms with Crippen LogP contribution in [0.15, 0.2) is 70.1 Å². The number of benzene rings is 2. The van der Waals surface area contributed by atoms with E-state index in [-0.39, 0.29) is 18.9 Å². The van der Waals surface area contributed by atoms with Gasteiger partial charge in [-0.2, -0.15) is 0 Å². The van der Waals surface area contributed by atoms with E-state index >= 15 is 0 Å². The molecule has 1 atom stereocenters. The number of nitrogens with zero attached hydrogens (tertiary/aromatic N) is 1. The fraction of sp³-hybridized carbons (Fsp3) is 0.150. The third kappa shape index (κ3) is 4.03. The van der Waals surface area contributed by atoms with E-state index in [1.807, 2.05) is 54.6 Å². The molecular weight excluding hydrogens is 364 g/mol. The highest BCUT2D eigenvalue weighted by Gasteiger charge is 2.29. The normalized spacial score (nSPS) is 15.7. The summed E-state index contributed by atoms with van der Waals surface area (Å²) in [5.74, 6) is 0.258. The predicted octanol–water partition coefficient (Wildman–Crippen LogP) is 3.89. The molecule has 1 amide bonds. The second-order valence-corrected chi connectivity index (χ2v) is 7.19. The molecule has 4 rings (SSSR count). The second-order valence-electron chi connectivity index (χ2n) is 5.94. The van der Waals surface area contributed by atoms with Crippen molar-refractivity contribution in [1.82, 2.24) is 4.98 Å². The number of anilines is 1. The van der Waals surface area contributed by atoms with Crippen molar-refractivity contribution in [1.29, 1.82) is 0 Å². The first-order chi connectivity index (χ1) is 13.2. The Labute approximate surface area is 159 Å². The number of esters is 1. The van der Waals surface area contributed by atoms with Crippen LogP contribution in [0.3, 0.4) is 0 Å². The molecule has 6 nitrogen and oxygen atoms in total. The van der Waals surface area contributed by atoms with Crippen LogP contribution in [0.25, 0.3) is 11.3 Å². The Morgan fingerprint density at radius 1 is 1.15 bits per heavy atom. The van der Waals surface area contributed by atoms with Gasteiger partial charge < -0.3 is 14.5 Å². The molecule has 0 unspecified atom stereocenters. The van der Waals surface area contributed by atoms with E-state index in [1.54, 1.807) is 6.20 Å². The van der Waals surface area contributed by atoms with Crippen molar-refractivity contribution in [2.75, 3.05) is 5.32 Å². The van der Waals surface area contributed by atoms with Crippen molar-refractivity contribution in [3.63, 3.8) is 0 Å². The molecule has 1 aliphatic heterocycles. The predicted molar refractivity (Wildman–Crippen MR) is 101 cm³/mol. The van der Waals surface area contributed by atoms with Gasteiger partial charge in [-0.15, -0.1) is 11.8 Å². The van der Waals surface area contributed by atoms with Gasteiger partial charge >= 0.3 is 5.97 Å². The summed E-state index contributed by atoms with van der Waals surface area (Å²) < 4.78 is 10.8. The van der Waals surface area contributed by atoms with Gasteiger partial charge in [-0.1, -0.05) is 42.5 Å². The zero-order valence-electron chi connectivity index (χ0n) is 14.3. The van der Waals surface area contributed by atoms with Gasteiger partial charge in [0.05, 0.1) is 23.6 Å². The summed E-state index contributed by atoms with van der Waals surface area (Å²) in [5, 5.41) is 2.30. The van der Waals surface area contributed by atoms with E-state index in [2.05, 4.69) is 10.3 Å². The molecule has 3 aromatic rings. The standard InChI is InChI=1S/C20H16N2O4S/c23-19(10-17-20(24)22-14-8-4-5-9-16(14)27-17)25-12-18-21-11-15(26-18)13-6-2-1-3-7-13/h1-9,11,17H,10,12H2,(H,22,24)/t17-/m0/s1. The fourth-order valence-corrected chi connectivity index (χ4v) is 3.79. The third-order valence-corrected chi connectivity index (χ3v) is 5.30. The van der Waals surface area contributed by atoms with E-state index in [0.717, 1.165) is 16.1 Å². The lowest BCUT2D eigenvalue weighted by Gasteiger charge is -2.23. The number of thioether (sulfide) groups is 1. The lowest BCUT2D eigenvalue weighted by molar-refractivity contribution is -0.146. The summed E-state index contributed by atoms with van der Waals surface area (Å²) in [6, 6.07) is 17.0. The van der Waals surface area contributed by atoms with E-state index in [0.29, 0.717) is 11.7 Å². The maximum atomic E-state index is 12.2. The maximum Gasteiger partial charge on any atom is 0.307 e. The monoisotopic (exact) mass is 380 g/mol. The zero-order valence-corrected chi connectivity index (χ0v) is 15.1. The largest absolute Gasteiger partial charge is 0.456 e. The van der Waals surface area contributed by atoms with Gasteiger partial charge in [-0.3, -0.25) is 9.59 Å². The number of hydrogen-bond donors (Lipinski definition) is 1. The molecule has 0 bridgehead atoms. The number of ether oxygens (including phenoxy) is 1. The first kappa shape index (κ1) is 17.4. The molecule has 1 N–H and O–H groups in total. The number of amides is 1. The number of hydrogen-bond acceptors (Lipinski definition) is 6. The molecule has 2 heterocycles. The summed E-state index contributed by atoms with van der Waals surface area (Å²) in [7, 11) is 0. The Balaban J connectivity index is 1.33. The Morgan fingerprint density at radius 3 is 2.78 bits per heavy atom. The molecule has 0 spiro atoms. The van der Waals surface area contributed by atoms with Crippen LogP contribution in [0.2, 0.25) is 0 Å². The molecule has 0 saturated heterocycles. The first-order valence-electron chi connectivity index (χ1n) is 8.41. The third-order valence-electron chi connectivity index (χ3n) is 4.03. The number of carbonyl (C=O) groups excluding carboxylic acids is 2. The number of rotatable bonds is 5.